The minimum Gasteiger partial charge on any atom is -0.357 e. The third kappa shape index (κ3) is 4.05. The van der Waals surface area contributed by atoms with Crippen molar-refractivity contribution in [2.24, 2.45) is 0 Å². The third-order valence-electron chi connectivity index (χ3n) is 2.84. The van der Waals surface area contributed by atoms with E-state index in [1.807, 2.05) is 35.1 Å². The molecule has 2 rings (SSSR count). The van der Waals surface area contributed by atoms with Gasteiger partial charge in [0.2, 0.25) is 0 Å². The van der Waals surface area contributed by atoms with Crippen LogP contribution in [0.4, 0.5) is 5.69 Å². The Kier molecular flexibility index (Phi) is 5.14. The van der Waals surface area contributed by atoms with Gasteiger partial charge in [0.15, 0.2) is 5.11 Å². The second-order valence-corrected chi connectivity index (χ2v) is 5.72. The molecule has 1 aromatic heterocycles. The molecule has 0 atom stereocenters. The second-order valence-electron chi connectivity index (χ2n) is 4.45. The first-order valence-corrected chi connectivity index (χ1v) is 7.62. The van der Waals surface area contributed by atoms with Crippen LogP contribution >= 0.6 is 28.1 Å². The van der Waals surface area contributed by atoms with E-state index in [0.29, 0.717) is 11.7 Å². The van der Waals surface area contributed by atoms with Crippen molar-refractivity contribution in [1.82, 2.24) is 15.1 Å². The Balaban J connectivity index is 1.88. The topological polar surface area (TPSA) is 41.9 Å². The van der Waals surface area contributed by atoms with Gasteiger partial charge in [-0.3, -0.25) is 4.68 Å². The zero-order valence-electron chi connectivity index (χ0n) is 11.5. The van der Waals surface area contributed by atoms with Crippen molar-refractivity contribution < 1.29 is 0 Å². The van der Waals surface area contributed by atoms with E-state index in [1.54, 1.807) is 0 Å². The SMILES string of the molecule is CCn1cc(Br)c(CNC(=S)Nc2ccc(C)cc2)n1. The van der Waals surface area contributed by atoms with Gasteiger partial charge in [-0.2, -0.15) is 5.10 Å². The van der Waals surface area contributed by atoms with E-state index in [-0.39, 0.29) is 0 Å². The summed E-state index contributed by atoms with van der Waals surface area (Å²) in [4.78, 5) is 0. The molecule has 20 heavy (non-hydrogen) atoms. The zero-order valence-corrected chi connectivity index (χ0v) is 13.9. The van der Waals surface area contributed by atoms with E-state index < -0.39 is 0 Å². The van der Waals surface area contributed by atoms with Crippen LogP contribution in [-0.2, 0) is 13.1 Å². The van der Waals surface area contributed by atoms with Crippen molar-refractivity contribution in [3.8, 4) is 0 Å². The van der Waals surface area contributed by atoms with Crippen molar-refractivity contribution in [2.75, 3.05) is 5.32 Å². The molecule has 0 spiro atoms. The standard InChI is InChI=1S/C14H17BrN4S/c1-3-19-9-12(15)13(18-19)8-16-14(20)17-11-6-4-10(2)5-7-11/h4-7,9H,3,8H2,1-2H3,(H2,16,17,20). The smallest absolute Gasteiger partial charge is 0.171 e. The highest BCUT2D eigenvalue weighted by atomic mass is 79.9. The fourth-order valence-corrected chi connectivity index (χ4v) is 2.34. The van der Waals surface area contributed by atoms with Gasteiger partial charge in [0.05, 0.1) is 16.7 Å². The van der Waals surface area contributed by atoms with Gasteiger partial charge in [-0.1, -0.05) is 17.7 Å². The molecule has 2 aromatic rings. The van der Waals surface area contributed by atoms with Crippen molar-refractivity contribution in [3.05, 3.63) is 46.2 Å². The van der Waals surface area contributed by atoms with Crippen molar-refractivity contribution >= 4 is 38.9 Å². The maximum absolute atomic E-state index is 5.27. The van der Waals surface area contributed by atoms with Crippen LogP contribution in [0.25, 0.3) is 0 Å². The summed E-state index contributed by atoms with van der Waals surface area (Å²) in [6.07, 6.45) is 1.97. The average molecular weight is 353 g/mol. The summed E-state index contributed by atoms with van der Waals surface area (Å²) in [5, 5.41) is 11.3. The van der Waals surface area contributed by atoms with Gasteiger partial charge in [-0.25, -0.2) is 0 Å². The number of hydrogen-bond donors (Lipinski definition) is 2. The highest BCUT2D eigenvalue weighted by Crippen LogP contribution is 2.14. The molecule has 2 N–H and O–H groups in total. The molecular formula is C14H17BrN4S. The fourth-order valence-electron chi connectivity index (χ4n) is 1.70. The van der Waals surface area contributed by atoms with E-state index in [4.69, 9.17) is 12.2 Å². The van der Waals surface area contributed by atoms with Gasteiger partial charge in [0.1, 0.15) is 0 Å². The minimum absolute atomic E-state index is 0.589. The lowest BCUT2D eigenvalue weighted by atomic mass is 10.2. The molecular weight excluding hydrogens is 336 g/mol. The Morgan fingerprint density at radius 1 is 1.35 bits per heavy atom. The van der Waals surface area contributed by atoms with E-state index in [2.05, 4.69) is 45.5 Å². The summed E-state index contributed by atoms with van der Waals surface area (Å²) in [5.41, 5.74) is 3.15. The second kappa shape index (κ2) is 6.85. The van der Waals surface area contributed by atoms with Crippen molar-refractivity contribution in [2.45, 2.75) is 26.9 Å². The van der Waals surface area contributed by atoms with Crippen LogP contribution in [0.1, 0.15) is 18.2 Å². The molecule has 0 fully saturated rings. The molecule has 0 radical (unpaired) electrons. The zero-order chi connectivity index (χ0) is 14.5. The largest absolute Gasteiger partial charge is 0.357 e. The molecule has 0 bridgehead atoms. The lowest BCUT2D eigenvalue weighted by Gasteiger charge is -2.09. The molecule has 4 nitrogen and oxygen atoms in total. The monoisotopic (exact) mass is 352 g/mol. The number of nitrogens with zero attached hydrogens (tertiary/aromatic N) is 2. The minimum atomic E-state index is 0.589. The molecule has 1 aromatic carbocycles. The molecule has 0 amide bonds. The number of benzene rings is 1. The fraction of sp³-hybridized carbons (Fsp3) is 0.286. The maximum atomic E-state index is 5.27. The van der Waals surface area contributed by atoms with Gasteiger partial charge in [0.25, 0.3) is 0 Å². The molecule has 1 heterocycles. The van der Waals surface area contributed by atoms with E-state index >= 15 is 0 Å². The number of thiocarbonyl (C=S) groups is 1. The number of halogens is 1. The predicted octanol–water partition coefficient (Wildman–Crippen LogP) is 3.46. The molecule has 0 saturated heterocycles. The van der Waals surface area contributed by atoms with Gasteiger partial charge < -0.3 is 10.6 Å². The van der Waals surface area contributed by atoms with Gasteiger partial charge >= 0.3 is 0 Å². The lowest BCUT2D eigenvalue weighted by molar-refractivity contribution is 0.643. The first-order chi connectivity index (χ1) is 9.58. The first kappa shape index (κ1) is 15.0. The van der Waals surface area contributed by atoms with E-state index in [1.165, 1.54) is 5.56 Å². The predicted molar refractivity (Wildman–Crippen MR) is 89.8 cm³/mol. The van der Waals surface area contributed by atoms with Crippen LogP contribution < -0.4 is 10.6 Å². The Hall–Kier alpha value is -1.40. The lowest BCUT2D eigenvalue weighted by Crippen LogP contribution is -2.28. The number of rotatable bonds is 4. The van der Waals surface area contributed by atoms with Gasteiger partial charge in [0, 0.05) is 18.4 Å². The Labute approximate surface area is 132 Å². The van der Waals surface area contributed by atoms with E-state index in [9.17, 15) is 0 Å². The van der Waals surface area contributed by atoms with Crippen LogP contribution in [0, 0.1) is 6.92 Å². The Morgan fingerprint density at radius 3 is 2.65 bits per heavy atom. The van der Waals surface area contributed by atoms with Crippen LogP contribution in [0.5, 0.6) is 0 Å². The molecule has 0 aliphatic carbocycles. The summed E-state index contributed by atoms with van der Waals surface area (Å²) in [6.45, 7) is 5.55. The maximum Gasteiger partial charge on any atom is 0.171 e. The number of aromatic nitrogens is 2. The summed E-state index contributed by atoms with van der Waals surface area (Å²) >= 11 is 8.77. The summed E-state index contributed by atoms with van der Waals surface area (Å²) in [6, 6.07) is 8.10. The van der Waals surface area contributed by atoms with Crippen LogP contribution in [-0.4, -0.2) is 14.9 Å². The molecule has 0 aliphatic heterocycles. The number of hydrogen-bond acceptors (Lipinski definition) is 2. The number of anilines is 1. The average Bonchev–Trinajstić information content (AvgIpc) is 2.80. The van der Waals surface area contributed by atoms with Crippen molar-refractivity contribution in [3.63, 3.8) is 0 Å². The molecule has 6 heteroatoms. The first-order valence-electron chi connectivity index (χ1n) is 6.42. The molecule has 0 unspecified atom stereocenters. The van der Waals surface area contributed by atoms with E-state index in [0.717, 1.165) is 22.4 Å². The van der Waals surface area contributed by atoms with Crippen LogP contribution in [0.15, 0.2) is 34.9 Å². The number of aryl methyl sites for hydroxylation is 2. The normalized spacial score (nSPS) is 10.3. The van der Waals surface area contributed by atoms with Gasteiger partial charge in [-0.15, -0.1) is 0 Å². The molecule has 0 aliphatic rings. The van der Waals surface area contributed by atoms with Crippen LogP contribution in [0.3, 0.4) is 0 Å². The Morgan fingerprint density at radius 2 is 2.05 bits per heavy atom. The highest BCUT2D eigenvalue weighted by molar-refractivity contribution is 9.10. The Bertz CT molecular complexity index is 592. The summed E-state index contributed by atoms with van der Waals surface area (Å²) in [5.74, 6) is 0. The number of nitrogens with one attached hydrogen (secondary N) is 2. The third-order valence-corrected chi connectivity index (χ3v) is 3.75. The van der Waals surface area contributed by atoms with Gasteiger partial charge in [-0.05, 0) is 54.1 Å². The molecule has 0 saturated carbocycles. The quantitative estimate of drug-likeness (QED) is 0.826. The summed E-state index contributed by atoms with van der Waals surface area (Å²) in [7, 11) is 0. The highest BCUT2D eigenvalue weighted by Gasteiger charge is 2.06. The molecule has 106 valence electrons. The summed E-state index contributed by atoms with van der Waals surface area (Å²) < 4.78 is 2.88. The van der Waals surface area contributed by atoms with Crippen molar-refractivity contribution in [1.29, 1.82) is 0 Å². The van der Waals surface area contributed by atoms with Crippen LogP contribution in [0.2, 0.25) is 0 Å².